The number of amides is 1. The summed E-state index contributed by atoms with van der Waals surface area (Å²) >= 11 is 0. The largest absolute Gasteiger partial charge is 0.491 e. The van der Waals surface area contributed by atoms with Crippen LogP contribution in [0.25, 0.3) is 10.9 Å². The second-order valence-corrected chi connectivity index (χ2v) is 11.2. The van der Waals surface area contributed by atoms with E-state index in [2.05, 4.69) is 9.88 Å². The summed E-state index contributed by atoms with van der Waals surface area (Å²) in [5.41, 5.74) is 3.41. The molecule has 0 aliphatic rings. The molecule has 4 aromatic carbocycles. The highest BCUT2D eigenvalue weighted by Gasteiger charge is 2.22. The Morgan fingerprint density at radius 3 is 2.24 bits per heavy atom. The van der Waals surface area contributed by atoms with Gasteiger partial charge in [-0.3, -0.25) is 14.7 Å². The van der Waals surface area contributed by atoms with E-state index in [1.165, 1.54) is 4.90 Å². The topological polar surface area (TPSA) is 95.4 Å². The maximum atomic E-state index is 12.5. The molecule has 8 nitrogen and oxygen atoms in total. The summed E-state index contributed by atoms with van der Waals surface area (Å²) in [6.07, 6.45) is 1.51. The maximum absolute atomic E-state index is 12.5. The van der Waals surface area contributed by atoms with E-state index < -0.39 is 6.10 Å². The monoisotopic (exact) mass is 605 g/mol. The summed E-state index contributed by atoms with van der Waals surface area (Å²) in [4.78, 5) is 20.6. The van der Waals surface area contributed by atoms with E-state index in [9.17, 15) is 15.0 Å². The van der Waals surface area contributed by atoms with Gasteiger partial charge in [0.05, 0.1) is 12.1 Å². The minimum Gasteiger partial charge on any atom is -0.491 e. The Morgan fingerprint density at radius 2 is 1.56 bits per heavy atom. The number of hydrogen-bond donors (Lipinski definition) is 2. The molecule has 0 aliphatic heterocycles. The average molecular weight is 606 g/mol. The number of carbonyl (C=O) groups excluding carboxylic acids is 1. The van der Waals surface area contributed by atoms with Crippen molar-refractivity contribution >= 4 is 16.8 Å². The van der Waals surface area contributed by atoms with Crippen LogP contribution in [-0.4, -0.2) is 76.9 Å². The van der Waals surface area contributed by atoms with Crippen LogP contribution >= 0.6 is 0 Å². The number of hydrogen-bond acceptors (Lipinski definition) is 7. The van der Waals surface area contributed by atoms with Gasteiger partial charge in [-0.15, -0.1) is 0 Å². The zero-order chi connectivity index (χ0) is 31.6. The standard InChI is InChI=1S/C37H39N3O5/c1-39(2)37(43)29-15-18-35-34(22-29)36(19-20-38-35)45-33-16-13-27(14-17-33)21-30(25-41)40(23-28-9-5-3-6-10-28)24-31(42)26-44-32-11-7-4-8-12-32/h3-20,22,30-31,41-42H,21,23-26H2,1-2H3/t30-,31-/m0/s1. The summed E-state index contributed by atoms with van der Waals surface area (Å²) in [5.74, 6) is 1.86. The number of aliphatic hydroxyl groups excluding tert-OH is 2. The SMILES string of the molecule is CN(C)C(=O)c1ccc2nccc(Oc3ccc(C[C@@H](CO)N(Cc4ccccc4)C[C@H](O)COc4ccccc4)cc3)c2c1. The van der Waals surface area contributed by atoms with Crippen molar-refractivity contribution < 1.29 is 24.5 Å². The predicted molar refractivity (Wildman–Crippen MR) is 176 cm³/mol. The van der Waals surface area contributed by atoms with Crippen LogP contribution in [0.5, 0.6) is 17.2 Å². The first kappa shape index (κ1) is 31.7. The minimum atomic E-state index is -0.748. The molecule has 45 heavy (non-hydrogen) atoms. The smallest absolute Gasteiger partial charge is 0.253 e. The molecule has 1 aromatic heterocycles. The molecule has 232 valence electrons. The molecule has 0 saturated heterocycles. The molecule has 0 aliphatic carbocycles. The molecule has 0 radical (unpaired) electrons. The van der Waals surface area contributed by atoms with Crippen LogP contribution < -0.4 is 9.47 Å². The second-order valence-electron chi connectivity index (χ2n) is 11.2. The Bertz CT molecular complexity index is 1660. The summed E-state index contributed by atoms with van der Waals surface area (Å²) in [5, 5.41) is 22.1. The van der Waals surface area contributed by atoms with Gasteiger partial charge in [0.2, 0.25) is 0 Å². The quantitative estimate of drug-likeness (QED) is 0.171. The Kier molecular flexibility index (Phi) is 10.8. The summed E-state index contributed by atoms with van der Waals surface area (Å²) in [6.45, 7) is 0.979. The zero-order valence-electron chi connectivity index (χ0n) is 25.6. The average Bonchev–Trinajstić information content (AvgIpc) is 3.07. The van der Waals surface area contributed by atoms with Crippen LogP contribution in [0.4, 0.5) is 0 Å². The van der Waals surface area contributed by atoms with Gasteiger partial charge in [0.25, 0.3) is 5.91 Å². The molecule has 0 unspecified atom stereocenters. The molecule has 1 heterocycles. The fraction of sp³-hybridized carbons (Fsp3) is 0.243. The maximum Gasteiger partial charge on any atom is 0.253 e. The third-order valence-corrected chi connectivity index (χ3v) is 7.56. The molecule has 5 rings (SSSR count). The molecule has 0 saturated carbocycles. The van der Waals surface area contributed by atoms with Crippen LogP contribution in [0.3, 0.4) is 0 Å². The number of aliphatic hydroxyl groups is 2. The summed E-state index contributed by atoms with van der Waals surface area (Å²) in [6, 6.07) is 34.2. The first-order valence-electron chi connectivity index (χ1n) is 15.0. The van der Waals surface area contributed by atoms with E-state index in [-0.39, 0.29) is 25.2 Å². The van der Waals surface area contributed by atoms with Gasteiger partial charge in [0.15, 0.2) is 0 Å². The number of pyridine rings is 1. The number of fused-ring (bicyclic) bond motifs is 1. The Labute approximate surface area is 264 Å². The zero-order valence-corrected chi connectivity index (χ0v) is 25.6. The van der Waals surface area contributed by atoms with Crippen molar-refractivity contribution in [3.63, 3.8) is 0 Å². The number of carbonyl (C=O) groups is 1. The first-order chi connectivity index (χ1) is 21.9. The normalized spacial score (nSPS) is 12.6. The highest BCUT2D eigenvalue weighted by Crippen LogP contribution is 2.30. The third kappa shape index (κ3) is 8.67. The van der Waals surface area contributed by atoms with Crippen LogP contribution in [0.15, 0.2) is 115 Å². The lowest BCUT2D eigenvalue weighted by Gasteiger charge is -2.32. The van der Waals surface area contributed by atoms with Crippen molar-refractivity contribution in [2.45, 2.75) is 25.1 Å². The van der Waals surface area contributed by atoms with Crippen LogP contribution in [0.1, 0.15) is 21.5 Å². The van der Waals surface area contributed by atoms with Crippen molar-refractivity contribution in [1.29, 1.82) is 0 Å². The van der Waals surface area contributed by atoms with E-state index in [1.807, 2.05) is 91.0 Å². The van der Waals surface area contributed by atoms with Gasteiger partial charge in [-0.25, -0.2) is 0 Å². The lowest BCUT2D eigenvalue weighted by atomic mass is 10.0. The molecule has 5 aromatic rings. The van der Waals surface area contributed by atoms with Crippen molar-refractivity contribution in [3.05, 3.63) is 132 Å². The Hall–Kier alpha value is -4.76. The predicted octanol–water partition coefficient (Wildman–Crippen LogP) is 5.57. The van der Waals surface area contributed by atoms with Gasteiger partial charge in [0, 0.05) is 50.4 Å². The van der Waals surface area contributed by atoms with Crippen molar-refractivity contribution in [2.24, 2.45) is 0 Å². The van der Waals surface area contributed by atoms with Crippen LogP contribution in [0, 0.1) is 0 Å². The fourth-order valence-corrected chi connectivity index (χ4v) is 5.20. The lowest BCUT2D eigenvalue weighted by Crippen LogP contribution is -2.44. The molecule has 0 spiro atoms. The number of aromatic nitrogens is 1. The number of nitrogens with zero attached hydrogens (tertiary/aromatic N) is 3. The fourth-order valence-electron chi connectivity index (χ4n) is 5.20. The van der Waals surface area contributed by atoms with E-state index in [1.54, 1.807) is 38.5 Å². The number of ether oxygens (including phenoxy) is 2. The molecular weight excluding hydrogens is 566 g/mol. The number of para-hydroxylation sites is 1. The summed E-state index contributed by atoms with van der Waals surface area (Å²) < 4.78 is 12.0. The molecule has 8 heteroatoms. The Morgan fingerprint density at radius 1 is 0.844 bits per heavy atom. The van der Waals surface area contributed by atoms with Gasteiger partial charge in [0.1, 0.15) is 30.0 Å². The third-order valence-electron chi connectivity index (χ3n) is 7.56. The molecule has 2 atom stereocenters. The second kappa shape index (κ2) is 15.3. The van der Waals surface area contributed by atoms with E-state index in [4.69, 9.17) is 9.47 Å². The highest BCUT2D eigenvalue weighted by atomic mass is 16.5. The van der Waals surface area contributed by atoms with Crippen molar-refractivity contribution in [1.82, 2.24) is 14.8 Å². The molecule has 1 amide bonds. The lowest BCUT2D eigenvalue weighted by molar-refractivity contribution is 0.0335. The van der Waals surface area contributed by atoms with Gasteiger partial charge in [-0.2, -0.15) is 0 Å². The highest BCUT2D eigenvalue weighted by molar-refractivity contribution is 5.99. The Balaban J connectivity index is 1.28. The van der Waals surface area contributed by atoms with Gasteiger partial charge in [-0.1, -0.05) is 60.7 Å². The molecule has 0 bridgehead atoms. The number of benzene rings is 4. The first-order valence-corrected chi connectivity index (χ1v) is 15.0. The molecule has 0 fully saturated rings. The van der Waals surface area contributed by atoms with E-state index in [0.29, 0.717) is 42.3 Å². The van der Waals surface area contributed by atoms with Gasteiger partial charge in [-0.05, 0) is 66.1 Å². The minimum absolute atomic E-state index is 0.0750. The van der Waals surface area contributed by atoms with Crippen LogP contribution in [0.2, 0.25) is 0 Å². The van der Waals surface area contributed by atoms with Crippen LogP contribution in [-0.2, 0) is 13.0 Å². The molecular formula is C37H39N3O5. The van der Waals surface area contributed by atoms with E-state index >= 15 is 0 Å². The summed E-state index contributed by atoms with van der Waals surface area (Å²) in [7, 11) is 3.44. The molecule has 2 N–H and O–H groups in total. The van der Waals surface area contributed by atoms with Crippen molar-refractivity contribution in [3.8, 4) is 17.2 Å². The van der Waals surface area contributed by atoms with E-state index in [0.717, 1.165) is 22.0 Å². The number of rotatable bonds is 14. The van der Waals surface area contributed by atoms with Crippen molar-refractivity contribution in [2.75, 3.05) is 33.9 Å². The van der Waals surface area contributed by atoms with Gasteiger partial charge < -0.3 is 24.6 Å². The van der Waals surface area contributed by atoms with Gasteiger partial charge >= 0.3 is 0 Å².